The molecule has 3 fully saturated rings. The highest BCUT2D eigenvalue weighted by molar-refractivity contribution is 7.80. The van der Waals surface area contributed by atoms with E-state index in [0.717, 1.165) is 4.90 Å². The fourth-order valence-corrected chi connectivity index (χ4v) is 3.29. The van der Waals surface area contributed by atoms with Gasteiger partial charge in [-0.05, 0) is 6.42 Å². The molecule has 124 valence electrons. The summed E-state index contributed by atoms with van der Waals surface area (Å²) in [6, 6.07) is -1.49. The first-order valence-electron chi connectivity index (χ1n) is 6.69. The number of primary amides is 1. The van der Waals surface area contributed by atoms with Crippen molar-refractivity contribution >= 4 is 22.3 Å². The molecule has 3 aliphatic rings. The number of nitrogens with two attached hydrogens (primary N) is 1. The second-order valence-corrected chi connectivity index (χ2v) is 6.47. The normalized spacial score (nSPS) is 32.2. The Kier molecular flexibility index (Phi) is 3.52. The number of piperidine rings is 1. The Hall–Kier alpha value is -1.47. The molecule has 0 saturated carbocycles. The molecule has 3 rings (SSSR count). The largest absolute Gasteiger partial charge is 0.418 e. The zero-order valence-corrected chi connectivity index (χ0v) is 12.3. The maximum absolute atomic E-state index is 12.3. The summed E-state index contributed by atoms with van der Waals surface area (Å²) in [6.07, 6.45) is 0.120. The molecule has 3 saturated heterocycles. The minimum Gasteiger partial charge on any atom is -0.365 e. The second kappa shape index (κ2) is 5.03. The summed E-state index contributed by atoms with van der Waals surface area (Å²) >= 11 is 0. The summed E-state index contributed by atoms with van der Waals surface area (Å²) in [6.45, 7) is 1.09. The van der Waals surface area contributed by atoms with Gasteiger partial charge in [-0.2, -0.15) is 13.5 Å². The van der Waals surface area contributed by atoms with E-state index in [9.17, 15) is 18.0 Å². The van der Waals surface area contributed by atoms with E-state index in [1.165, 1.54) is 0 Å². The van der Waals surface area contributed by atoms with Crippen LogP contribution in [0.1, 0.15) is 12.8 Å². The maximum Gasteiger partial charge on any atom is 0.418 e. The molecule has 11 nitrogen and oxygen atoms in total. The quantitative estimate of drug-likeness (QED) is 0.478. The summed E-state index contributed by atoms with van der Waals surface area (Å²) in [5.74, 6) is -0.820. The second-order valence-electron chi connectivity index (χ2n) is 5.46. The Balaban J connectivity index is 1.86. The van der Waals surface area contributed by atoms with Crippen molar-refractivity contribution in [3.63, 3.8) is 0 Å². The van der Waals surface area contributed by atoms with E-state index >= 15 is 0 Å². The fourth-order valence-electron chi connectivity index (χ4n) is 2.90. The zero-order valence-electron chi connectivity index (χ0n) is 11.5. The van der Waals surface area contributed by atoms with Crippen LogP contribution in [0.5, 0.6) is 0 Å². The lowest BCUT2D eigenvalue weighted by Crippen LogP contribution is -2.66. The molecule has 2 unspecified atom stereocenters. The van der Waals surface area contributed by atoms with E-state index in [4.69, 9.17) is 15.0 Å². The van der Waals surface area contributed by atoms with Crippen molar-refractivity contribution in [2.45, 2.75) is 30.7 Å². The third-order valence-electron chi connectivity index (χ3n) is 4.06. The van der Waals surface area contributed by atoms with Crippen LogP contribution in [-0.2, 0) is 24.2 Å². The number of nitrogens with one attached hydrogen (secondary N) is 1. The van der Waals surface area contributed by atoms with Crippen LogP contribution in [0.2, 0.25) is 0 Å². The molecule has 2 atom stereocenters. The molecule has 0 aromatic rings. The summed E-state index contributed by atoms with van der Waals surface area (Å²) in [5.41, 5.74) is 3.82. The highest BCUT2D eigenvalue weighted by Gasteiger charge is 2.59. The number of rotatable bonds is 5. The lowest BCUT2D eigenvalue weighted by atomic mass is 9.96. The number of hydrogen-bond donors (Lipinski definition) is 3. The number of carbonyl (C=O) groups excluding carboxylic acids is 2. The van der Waals surface area contributed by atoms with Crippen LogP contribution in [0.3, 0.4) is 0 Å². The minimum absolute atomic E-state index is 0.0252. The van der Waals surface area contributed by atoms with Crippen LogP contribution in [0, 0.1) is 0 Å². The fraction of sp³-hybridized carbons (Fsp3) is 0.800. The average Bonchev–Trinajstić information content (AvgIpc) is 2.61. The van der Waals surface area contributed by atoms with Crippen molar-refractivity contribution in [1.29, 1.82) is 0 Å². The van der Waals surface area contributed by atoms with Crippen molar-refractivity contribution in [3.8, 4) is 0 Å². The third kappa shape index (κ3) is 2.42. The standard InChI is InChI=1S/C10H16N4O7S/c11-8(15)10(20-7-3-12-4-7)2-1-6-5-13(10)9(16)14(6)21-22(17,18)19/h6-7,12H,1-5H2,(H2,11,15)(H,17,18,19). The van der Waals surface area contributed by atoms with Crippen LogP contribution in [0.15, 0.2) is 0 Å². The molecular weight excluding hydrogens is 320 g/mol. The predicted octanol–water partition coefficient (Wildman–Crippen LogP) is -2.21. The number of carbonyl (C=O) groups is 2. The highest BCUT2D eigenvalue weighted by atomic mass is 32.3. The van der Waals surface area contributed by atoms with Gasteiger partial charge in [0, 0.05) is 26.1 Å². The summed E-state index contributed by atoms with van der Waals surface area (Å²) in [4.78, 5) is 25.3. The van der Waals surface area contributed by atoms with E-state index in [1.807, 2.05) is 0 Å². The lowest BCUT2D eigenvalue weighted by molar-refractivity contribution is -0.195. The first-order valence-corrected chi connectivity index (χ1v) is 8.06. The van der Waals surface area contributed by atoms with Gasteiger partial charge in [0.1, 0.15) is 0 Å². The first kappa shape index (κ1) is 15.4. The first-order chi connectivity index (χ1) is 10.2. The molecule has 3 aliphatic heterocycles. The molecular formula is C10H16N4O7S. The van der Waals surface area contributed by atoms with Crippen molar-refractivity contribution < 1.29 is 31.6 Å². The molecule has 0 radical (unpaired) electrons. The van der Waals surface area contributed by atoms with E-state index in [2.05, 4.69) is 9.60 Å². The van der Waals surface area contributed by atoms with E-state index in [1.54, 1.807) is 0 Å². The van der Waals surface area contributed by atoms with Crippen molar-refractivity contribution in [1.82, 2.24) is 15.3 Å². The molecule has 0 aromatic carbocycles. The molecule has 2 bridgehead atoms. The molecule has 0 spiro atoms. The lowest BCUT2D eigenvalue weighted by Gasteiger charge is -2.44. The van der Waals surface area contributed by atoms with E-state index < -0.39 is 34.1 Å². The monoisotopic (exact) mass is 336 g/mol. The Morgan fingerprint density at radius 3 is 2.64 bits per heavy atom. The van der Waals surface area contributed by atoms with E-state index in [0.29, 0.717) is 18.2 Å². The number of amides is 3. The zero-order chi connectivity index (χ0) is 16.1. The van der Waals surface area contributed by atoms with Crippen molar-refractivity contribution in [3.05, 3.63) is 0 Å². The third-order valence-corrected chi connectivity index (χ3v) is 4.41. The van der Waals surface area contributed by atoms with E-state index in [-0.39, 0.29) is 25.5 Å². The van der Waals surface area contributed by atoms with Crippen LogP contribution in [0.4, 0.5) is 4.79 Å². The Bertz CT molecular complexity index is 606. The average molecular weight is 336 g/mol. The summed E-state index contributed by atoms with van der Waals surface area (Å²) in [5, 5.41) is 3.52. The molecule has 3 heterocycles. The van der Waals surface area contributed by atoms with Gasteiger partial charge >= 0.3 is 16.4 Å². The van der Waals surface area contributed by atoms with Crippen LogP contribution in [-0.4, -0.2) is 72.4 Å². The van der Waals surface area contributed by atoms with Gasteiger partial charge in [0.2, 0.25) is 5.72 Å². The number of nitrogens with zero attached hydrogens (tertiary/aromatic N) is 2. The topological polar surface area (TPSA) is 151 Å². The number of ether oxygens (including phenoxy) is 1. The smallest absolute Gasteiger partial charge is 0.365 e. The van der Waals surface area contributed by atoms with Crippen LogP contribution in [0.25, 0.3) is 0 Å². The molecule has 12 heteroatoms. The minimum atomic E-state index is -4.84. The van der Waals surface area contributed by atoms with Crippen molar-refractivity contribution in [2.24, 2.45) is 5.73 Å². The molecule has 4 N–H and O–H groups in total. The number of urea groups is 1. The Morgan fingerprint density at radius 1 is 1.45 bits per heavy atom. The highest BCUT2D eigenvalue weighted by Crippen LogP contribution is 2.39. The summed E-state index contributed by atoms with van der Waals surface area (Å²) in [7, 11) is -4.84. The SMILES string of the molecule is NC(=O)C1(OC2CNC2)CCC2CN1C(=O)N2OS(=O)(=O)O. The van der Waals surface area contributed by atoms with Gasteiger partial charge in [0.05, 0.1) is 12.1 Å². The predicted molar refractivity (Wildman–Crippen MR) is 69.3 cm³/mol. The van der Waals surface area contributed by atoms with Crippen molar-refractivity contribution in [2.75, 3.05) is 19.6 Å². The van der Waals surface area contributed by atoms with Gasteiger partial charge in [0.15, 0.2) is 0 Å². The van der Waals surface area contributed by atoms with Gasteiger partial charge in [0.25, 0.3) is 5.91 Å². The molecule has 0 aromatic heterocycles. The van der Waals surface area contributed by atoms with Crippen LogP contribution >= 0.6 is 0 Å². The molecule has 22 heavy (non-hydrogen) atoms. The van der Waals surface area contributed by atoms with Gasteiger partial charge in [-0.3, -0.25) is 14.2 Å². The van der Waals surface area contributed by atoms with Gasteiger partial charge < -0.3 is 15.8 Å². The Labute approximate surface area is 126 Å². The van der Waals surface area contributed by atoms with Crippen LogP contribution < -0.4 is 11.1 Å². The number of fused-ring (bicyclic) bond motifs is 2. The number of hydroxylamine groups is 2. The van der Waals surface area contributed by atoms with Gasteiger partial charge in [-0.15, -0.1) is 4.28 Å². The van der Waals surface area contributed by atoms with Gasteiger partial charge in [-0.1, -0.05) is 0 Å². The summed E-state index contributed by atoms with van der Waals surface area (Å²) < 4.78 is 40.5. The molecule has 3 amide bonds. The maximum atomic E-state index is 12.3. The van der Waals surface area contributed by atoms with Gasteiger partial charge in [-0.25, -0.2) is 4.79 Å². The molecule has 0 aliphatic carbocycles. The number of hydrogen-bond acceptors (Lipinski definition) is 7. The Morgan fingerprint density at radius 2 is 2.14 bits per heavy atom.